The average Bonchev–Trinajstić information content (AvgIpc) is 2.91. The van der Waals surface area contributed by atoms with Gasteiger partial charge in [-0.2, -0.15) is 10.1 Å². The topological polar surface area (TPSA) is 113 Å². The van der Waals surface area contributed by atoms with Crippen LogP contribution in [0.1, 0.15) is 29.8 Å². The van der Waals surface area contributed by atoms with Gasteiger partial charge in [0.15, 0.2) is 11.5 Å². The Kier molecular flexibility index (Phi) is 4.55. The van der Waals surface area contributed by atoms with Crippen molar-refractivity contribution in [2.75, 3.05) is 5.01 Å². The molecule has 0 saturated heterocycles. The SMILES string of the molecule is CC(=O)c1ccc(N2N=C(C)C(=Cc3ccc(O)c([N+](=O)[O-])c3)C2=O)cc1. The molecule has 0 aromatic heterocycles. The lowest BCUT2D eigenvalue weighted by atomic mass is 10.1. The third-order valence-electron chi connectivity index (χ3n) is 4.09. The molecular formula is C19H15N3O5. The number of amides is 1. The fraction of sp³-hybridized carbons (Fsp3) is 0.105. The van der Waals surface area contributed by atoms with E-state index >= 15 is 0 Å². The number of nitro groups is 1. The molecule has 3 rings (SSSR count). The third-order valence-corrected chi connectivity index (χ3v) is 4.09. The minimum atomic E-state index is -0.697. The van der Waals surface area contributed by atoms with Crippen LogP contribution in [0, 0.1) is 10.1 Å². The van der Waals surface area contributed by atoms with Gasteiger partial charge in [-0.3, -0.25) is 19.7 Å². The summed E-state index contributed by atoms with van der Waals surface area (Å²) in [5.41, 5.74) is 1.71. The number of hydrazone groups is 1. The summed E-state index contributed by atoms with van der Waals surface area (Å²) in [7, 11) is 0. The largest absolute Gasteiger partial charge is 0.502 e. The summed E-state index contributed by atoms with van der Waals surface area (Å²) in [4.78, 5) is 34.3. The van der Waals surface area contributed by atoms with E-state index in [0.29, 0.717) is 22.5 Å². The molecule has 1 amide bonds. The van der Waals surface area contributed by atoms with E-state index < -0.39 is 16.4 Å². The number of phenolic OH excluding ortho intramolecular Hbond substituents is 1. The summed E-state index contributed by atoms with van der Waals surface area (Å²) in [6.07, 6.45) is 1.48. The zero-order chi connectivity index (χ0) is 19.7. The molecule has 0 atom stereocenters. The van der Waals surface area contributed by atoms with Crippen LogP contribution in [0.5, 0.6) is 5.75 Å². The van der Waals surface area contributed by atoms with Gasteiger partial charge in [-0.1, -0.05) is 6.07 Å². The van der Waals surface area contributed by atoms with Crippen molar-refractivity contribution in [1.29, 1.82) is 0 Å². The van der Waals surface area contributed by atoms with E-state index in [1.54, 1.807) is 31.2 Å². The molecule has 2 aromatic rings. The number of benzene rings is 2. The number of rotatable bonds is 4. The van der Waals surface area contributed by atoms with Crippen LogP contribution in [-0.2, 0) is 4.79 Å². The Balaban J connectivity index is 1.93. The molecule has 0 spiro atoms. The molecule has 8 heteroatoms. The van der Waals surface area contributed by atoms with E-state index in [1.807, 2.05) is 0 Å². The first-order valence-electron chi connectivity index (χ1n) is 7.98. The van der Waals surface area contributed by atoms with E-state index in [4.69, 9.17) is 0 Å². The summed E-state index contributed by atoms with van der Waals surface area (Å²) in [5.74, 6) is -0.917. The second kappa shape index (κ2) is 6.83. The van der Waals surface area contributed by atoms with Gasteiger partial charge in [-0.15, -0.1) is 0 Å². The maximum Gasteiger partial charge on any atom is 0.311 e. The molecule has 1 N–H and O–H groups in total. The van der Waals surface area contributed by atoms with Crippen LogP contribution in [0.2, 0.25) is 0 Å². The number of Topliss-reactive ketones (excluding diaryl/α,β-unsaturated/α-hetero) is 1. The average molecular weight is 365 g/mol. The molecule has 0 saturated carbocycles. The van der Waals surface area contributed by atoms with E-state index in [1.165, 1.54) is 36.2 Å². The molecule has 0 aliphatic carbocycles. The number of hydrogen-bond donors (Lipinski definition) is 1. The summed E-state index contributed by atoms with van der Waals surface area (Å²) in [6, 6.07) is 10.3. The quantitative estimate of drug-likeness (QED) is 0.386. The number of aromatic hydroxyl groups is 1. The highest BCUT2D eigenvalue weighted by molar-refractivity contribution is 6.32. The van der Waals surface area contributed by atoms with Crippen LogP contribution in [0.15, 0.2) is 53.1 Å². The first-order chi connectivity index (χ1) is 12.8. The number of ketones is 1. The van der Waals surface area contributed by atoms with Gasteiger partial charge in [-0.05, 0) is 55.8 Å². The van der Waals surface area contributed by atoms with E-state index in [-0.39, 0.29) is 17.3 Å². The maximum absolute atomic E-state index is 12.7. The molecule has 1 aliphatic heterocycles. The Hall–Kier alpha value is -3.81. The predicted molar refractivity (Wildman–Crippen MR) is 99.8 cm³/mol. The Morgan fingerprint density at radius 3 is 2.48 bits per heavy atom. The van der Waals surface area contributed by atoms with Crippen LogP contribution in [0.25, 0.3) is 6.08 Å². The fourth-order valence-electron chi connectivity index (χ4n) is 2.64. The van der Waals surface area contributed by atoms with E-state index in [9.17, 15) is 24.8 Å². The van der Waals surface area contributed by atoms with Gasteiger partial charge >= 0.3 is 5.69 Å². The van der Waals surface area contributed by atoms with Gasteiger partial charge in [-0.25, -0.2) is 0 Å². The highest BCUT2D eigenvalue weighted by Gasteiger charge is 2.29. The van der Waals surface area contributed by atoms with Crippen LogP contribution in [0.4, 0.5) is 11.4 Å². The number of carbonyl (C=O) groups excluding carboxylic acids is 2. The number of anilines is 1. The number of phenols is 1. The first-order valence-corrected chi connectivity index (χ1v) is 7.98. The second-order valence-electron chi connectivity index (χ2n) is 5.97. The van der Waals surface area contributed by atoms with Crippen molar-refractivity contribution in [3.05, 3.63) is 69.3 Å². The fourth-order valence-corrected chi connectivity index (χ4v) is 2.64. The predicted octanol–water partition coefficient (Wildman–Crippen LogP) is 3.31. The summed E-state index contributed by atoms with van der Waals surface area (Å²) < 4.78 is 0. The highest BCUT2D eigenvalue weighted by Crippen LogP contribution is 2.29. The molecule has 0 bridgehead atoms. The third kappa shape index (κ3) is 3.45. The molecule has 27 heavy (non-hydrogen) atoms. The molecule has 0 fully saturated rings. The molecule has 2 aromatic carbocycles. The number of hydrogen-bond acceptors (Lipinski definition) is 6. The summed E-state index contributed by atoms with van der Waals surface area (Å²) in [6.45, 7) is 3.11. The normalized spacial score (nSPS) is 15.2. The van der Waals surface area contributed by atoms with Crippen molar-refractivity contribution in [3.8, 4) is 5.75 Å². The zero-order valence-corrected chi connectivity index (χ0v) is 14.5. The number of nitro benzene ring substituents is 1. The summed E-state index contributed by atoms with van der Waals surface area (Å²) >= 11 is 0. The molecule has 1 heterocycles. The van der Waals surface area contributed by atoms with E-state index in [2.05, 4.69) is 5.10 Å². The Morgan fingerprint density at radius 1 is 1.22 bits per heavy atom. The van der Waals surface area contributed by atoms with Crippen molar-refractivity contribution < 1.29 is 19.6 Å². The highest BCUT2D eigenvalue weighted by atomic mass is 16.6. The lowest BCUT2D eigenvalue weighted by Gasteiger charge is -2.12. The maximum atomic E-state index is 12.7. The minimum Gasteiger partial charge on any atom is -0.502 e. The Morgan fingerprint density at radius 2 is 1.89 bits per heavy atom. The first kappa shape index (κ1) is 18.0. The Labute approximate surface area is 154 Å². The van der Waals surface area contributed by atoms with Crippen molar-refractivity contribution in [1.82, 2.24) is 0 Å². The van der Waals surface area contributed by atoms with Gasteiger partial charge in [0, 0.05) is 11.6 Å². The lowest BCUT2D eigenvalue weighted by molar-refractivity contribution is -0.385. The van der Waals surface area contributed by atoms with Crippen molar-refractivity contribution in [3.63, 3.8) is 0 Å². The molecular weight excluding hydrogens is 350 g/mol. The van der Waals surface area contributed by atoms with Gasteiger partial charge < -0.3 is 5.11 Å². The second-order valence-corrected chi connectivity index (χ2v) is 5.97. The Bertz CT molecular complexity index is 1020. The monoisotopic (exact) mass is 365 g/mol. The van der Waals surface area contributed by atoms with Crippen LogP contribution < -0.4 is 5.01 Å². The molecule has 1 aliphatic rings. The molecule has 0 unspecified atom stereocenters. The van der Waals surface area contributed by atoms with Crippen LogP contribution in [0.3, 0.4) is 0 Å². The van der Waals surface area contributed by atoms with Gasteiger partial charge in [0.05, 0.1) is 21.9 Å². The lowest BCUT2D eigenvalue weighted by Crippen LogP contribution is -2.21. The van der Waals surface area contributed by atoms with Gasteiger partial charge in [0.25, 0.3) is 5.91 Å². The van der Waals surface area contributed by atoms with Crippen LogP contribution >= 0.6 is 0 Å². The van der Waals surface area contributed by atoms with Crippen molar-refractivity contribution >= 4 is 34.9 Å². The van der Waals surface area contributed by atoms with E-state index in [0.717, 1.165) is 0 Å². The van der Waals surface area contributed by atoms with Gasteiger partial charge in [0.2, 0.25) is 0 Å². The summed E-state index contributed by atoms with van der Waals surface area (Å²) in [5, 5.41) is 25.9. The molecule has 136 valence electrons. The van der Waals surface area contributed by atoms with Crippen molar-refractivity contribution in [2.24, 2.45) is 5.10 Å². The standard InChI is InChI=1S/C19H15N3O5/c1-11-16(9-13-3-8-18(24)17(10-13)22(26)27)19(25)21(20-11)15-6-4-14(5-7-15)12(2)23/h3-10,24H,1-2H3. The van der Waals surface area contributed by atoms with Crippen molar-refractivity contribution in [2.45, 2.75) is 13.8 Å². The molecule has 8 nitrogen and oxygen atoms in total. The smallest absolute Gasteiger partial charge is 0.311 e. The van der Waals surface area contributed by atoms with Crippen LogP contribution in [-0.4, -0.2) is 27.4 Å². The van der Waals surface area contributed by atoms with Gasteiger partial charge in [0.1, 0.15) is 0 Å². The number of nitrogens with zero attached hydrogens (tertiary/aromatic N) is 3. The zero-order valence-electron chi connectivity index (χ0n) is 14.5. The number of carbonyl (C=O) groups is 2. The minimum absolute atomic E-state index is 0.0801. The molecule has 0 radical (unpaired) electrons.